The predicted molar refractivity (Wildman–Crippen MR) is 125 cm³/mol. The Morgan fingerprint density at radius 3 is 2.61 bits per heavy atom. The fourth-order valence-electron chi connectivity index (χ4n) is 4.21. The number of ether oxygens (including phenoxy) is 1. The number of amides is 1. The number of nitrogens with zero attached hydrogens (tertiary/aromatic N) is 1. The maximum Gasteiger partial charge on any atom is 0.345 e. The van der Waals surface area contributed by atoms with E-state index in [9.17, 15) is 9.59 Å². The van der Waals surface area contributed by atoms with Gasteiger partial charge in [-0.2, -0.15) is 0 Å². The zero-order valence-corrected chi connectivity index (χ0v) is 19.5. The fourth-order valence-corrected chi connectivity index (χ4v) is 4.99. The van der Waals surface area contributed by atoms with E-state index in [1.807, 2.05) is 11.8 Å². The number of carboxylic acid groups (broad SMARTS) is 1. The summed E-state index contributed by atoms with van der Waals surface area (Å²) in [4.78, 5) is 26.9. The Balaban J connectivity index is 1.61. The van der Waals surface area contributed by atoms with Gasteiger partial charge in [-0.25, -0.2) is 4.79 Å². The van der Waals surface area contributed by atoms with Gasteiger partial charge in [0.25, 0.3) is 0 Å². The van der Waals surface area contributed by atoms with Crippen LogP contribution in [0.15, 0.2) is 36.4 Å². The largest absolute Gasteiger partial charge is 0.477 e. The summed E-state index contributed by atoms with van der Waals surface area (Å²) in [5.74, 6) is -0.279. The highest BCUT2D eigenvalue weighted by Crippen LogP contribution is 2.32. The van der Waals surface area contributed by atoms with Crippen LogP contribution < -0.4 is 4.90 Å². The number of carbonyl (C=O) groups is 2. The van der Waals surface area contributed by atoms with Gasteiger partial charge in [-0.05, 0) is 48.6 Å². The average Bonchev–Trinajstić information content (AvgIpc) is 3.33. The first kappa shape index (κ1) is 23.5. The van der Waals surface area contributed by atoms with E-state index in [0.717, 1.165) is 17.0 Å². The van der Waals surface area contributed by atoms with Crippen LogP contribution in [-0.2, 0) is 16.1 Å². The lowest BCUT2D eigenvalue weighted by Gasteiger charge is -2.25. The van der Waals surface area contributed by atoms with Crippen LogP contribution in [0.3, 0.4) is 0 Å². The molecule has 1 fully saturated rings. The number of benzene rings is 1. The van der Waals surface area contributed by atoms with E-state index < -0.39 is 5.97 Å². The highest BCUT2D eigenvalue weighted by Gasteiger charge is 2.37. The topological polar surface area (TPSA) is 66.8 Å². The van der Waals surface area contributed by atoms with Crippen LogP contribution in [0.2, 0.25) is 0 Å². The van der Waals surface area contributed by atoms with Crippen LogP contribution in [0.1, 0.15) is 78.9 Å². The number of hydrogen-bond acceptors (Lipinski definition) is 4. The number of hydrogen-bond donors (Lipinski definition) is 1. The molecule has 1 aliphatic heterocycles. The minimum Gasteiger partial charge on any atom is -0.477 e. The summed E-state index contributed by atoms with van der Waals surface area (Å²) in [5, 5.41) is 9.05. The van der Waals surface area contributed by atoms with Crippen molar-refractivity contribution in [2.45, 2.75) is 71.4 Å². The lowest BCUT2D eigenvalue weighted by atomic mass is 9.95. The second kappa shape index (κ2) is 10.9. The number of thiophene rings is 1. The standard InChI is InChI=1S/C25H33NO4S/c1-4-5-6-7-17(2)19-8-10-20(11-9-19)26-21(14-18(3)24(26)27)15-30-16-22-12-13-23(31-22)25(28)29/h8-13,17-18,21H,4-7,14-16H2,1-3H3,(H,28,29)/t17-,18?,21-/m1/s1. The highest BCUT2D eigenvalue weighted by atomic mass is 32.1. The fraction of sp³-hybridized carbons (Fsp3) is 0.520. The average molecular weight is 444 g/mol. The molecule has 0 aliphatic carbocycles. The van der Waals surface area contributed by atoms with Gasteiger partial charge in [0.05, 0.1) is 19.3 Å². The summed E-state index contributed by atoms with van der Waals surface area (Å²) < 4.78 is 5.89. The van der Waals surface area contributed by atoms with Crippen LogP contribution in [0.4, 0.5) is 5.69 Å². The third-order valence-electron chi connectivity index (χ3n) is 6.06. The summed E-state index contributed by atoms with van der Waals surface area (Å²) in [7, 11) is 0. The Morgan fingerprint density at radius 1 is 1.23 bits per heavy atom. The summed E-state index contributed by atoms with van der Waals surface area (Å²) >= 11 is 1.23. The summed E-state index contributed by atoms with van der Waals surface area (Å²) in [5.41, 5.74) is 2.25. The van der Waals surface area contributed by atoms with Crippen LogP contribution in [0.5, 0.6) is 0 Å². The van der Waals surface area contributed by atoms with Crippen molar-refractivity contribution in [3.63, 3.8) is 0 Å². The summed E-state index contributed by atoms with van der Waals surface area (Å²) in [6, 6.07) is 11.8. The van der Waals surface area contributed by atoms with Gasteiger partial charge < -0.3 is 14.7 Å². The van der Waals surface area contributed by atoms with E-state index in [2.05, 4.69) is 38.1 Å². The van der Waals surface area contributed by atoms with Gasteiger partial charge in [0.1, 0.15) is 4.88 Å². The van der Waals surface area contributed by atoms with Gasteiger partial charge in [0, 0.05) is 16.5 Å². The number of anilines is 1. The first-order valence-electron chi connectivity index (χ1n) is 11.2. The van der Waals surface area contributed by atoms with E-state index in [4.69, 9.17) is 9.84 Å². The maximum atomic E-state index is 12.8. The molecule has 168 valence electrons. The van der Waals surface area contributed by atoms with Gasteiger partial charge in [-0.1, -0.05) is 52.2 Å². The molecule has 1 N–H and O–H groups in total. The molecule has 31 heavy (non-hydrogen) atoms. The van der Waals surface area contributed by atoms with E-state index in [1.165, 1.54) is 42.6 Å². The minimum atomic E-state index is -0.916. The molecule has 0 spiro atoms. The number of carboxylic acids is 1. The number of aromatic carboxylic acids is 1. The van der Waals surface area contributed by atoms with E-state index in [-0.39, 0.29) is 17.9 Å². The van der Waals surface area contributed by atoms with Gasteiger partial charge in [-0.15, -0.1) is 11.3 Å². The minimum absolute atomic E-state index is 0.00534. The molecule has 1 aliphatic rings. The smallest absolute Gasteiger partial charge is 0.345 e. The molecule has 1 amide bonds. The molecular formula is C25H33NO4S. The zero-order chi connectivity index (χ0) is 22.4. The number of rotatable bonds is 11. The lowest BCUT2D eigenvalue weighted by Crippen LogP contribution is -2.36. The van der Waals surface area contributed by atoms with Gasteiger partial charge >= 0.3 is 5.97 Å². The van der Waals surface area contributed by atoms with Gasteiger partial charge in [-0.3, -0.25) is 4.79 Å². The van der Waals surface area contributed by atoms with Crippen molar-refractivity contribution < 1.29 is 19.4 Å². The van der Waals surface area contributed by atoms with Crippen molar-refractivity contribution in [1.29, 1.82) is 0 Å². The molecule has 1 aromatic carbocycles. The normalized spacial score (nSPS) is 19.7. The summed E-state index contributed by atoms with van der Waals surface area (Å²) in [6.45, 7) is 7.26. The first-order valence-corrected chi connectivity index (χ1v) is 12.0. The van der Waals surface area contributed by atoms with Crippen molar-refractivity contribution in [3.05, 3.63) is 51.7 Å². The molecule has 0 radical (unpaired) electrons. The molecule has 5 nitrogen and oxygen atoms in total. The Bertz CT molecular complexity index is 876. The van der Waals surface area contributed by atoms with E-state index >= 15 is 0 Å². The molecule has 1 saturated heterocycles. The Labute approximate surface area is 189 Å². The van der Waals surface area contributed by atoms with Crippen LogP contribution in [0.25, 0.3) is 0 Å². The number of unbranched alkanes of at least 4 members (excludes halogenated alkanes) is 2. The molecule has 1 unspecified atom stereocenters. The van der Waals surface area contributed by atoms with Crippen molar-refractivity contribution in [2.24, 2.45) is 5.92 Å². The Hall–Kier alpha value is -2.18. The molecule has 2 heterocycles. The molecule has 1 aromatic heterocycles. The second-order valence-corrected chi connectivity index (χ2v) is 9.74. The molecular weight excluding hydrogens is 410 g/mol. The second-order valence-electron chi connectivity index (χ2n) is 8.57. The van der Waals surface area contributed by atoms with Gasteiger partial charge in [0.2, 0.25) is 5.91 Å². The van der Waals surface area contributed by atoms with Crippen LogP contribution >= 0.6 is 11.3 Å². The zero-order valence-electron chi connectivity index (χ0n) is 18.7. The molecule has 0 bridgehead atoms. The van der Waals surface area contributed by atoms with Crippen molar-refractivity contribution >= 4 is 28.9 Å². The van der Waals surface area contributed by atoms with E-state index in [0.29, 0.717) is 24.0 Å². The lowest BCUT2D eigenvalue weighted by molar-refractivity contribution is -0.120. The predicted octanol–water partition coefficient (Wildman–Crippen LogP) is 6.09. The van der Waals surface area contributed by atoms with Crippen molar-refractivity contribution in [1.82, 2.24) is 0 Å². The van der Waals surface area contributed by atoms with Gasteiger partial charge in [0.15, 0.2) is 0 Å². The molecule has 0 saturated carbocycles. The monoisotopic (exact) mass is 443 g/mol. The maximum absolute atomic E-state index is 12.8. The third-order valence-corrected chi connectivity index (χ3v) is 7.10. The molecule has 2 aromatic rings. The third kappa shape index (κ3) is 5.95. The quantitative estimate of drug-likeness (QED) is 0.427. The summed E-state index contributed by atoms with van der Waals surface area (Å²) in [6.07, 6.45) is 5.71. The SMILES string of the molecule is CCCCC[C@@H](C)c1ccc(N2C(=O)C(C)C[C@@H]2COCc2ccc(C(=O)O)s2)cc1. The Morgan fingerprint density at radius 2 is 1.97 bits per heavy atom. The molecule has 3 rings (SSSR count). The van der Waals surface area contributed by atoms with E-state index in [1.54, 1.807) is 12.1 Å². The van der Waals surface area contributed by atoms with Crippen molar-refractivity contribution in [3.8, 4) is 0 Å². The van der Waals surface area contributed by atoms with Crippen molar-refractivity contribution in [2.75, 3.05) is 11.5 Å². The highest BCUT2D eigenvalue weighted by molar-refractivity contribution is 7.13. The first-order chi connectivity index (χ1) is 14.9. The number of carbonyl (C=O) groups excluding carboxylic acids is 1. The van der Waals surface area contributed by atoms with Crippen LogP contribution in [-0.4, -0.2) is 29.6 Å². The molecule has 3 atom stereocenters. The molecule has 6 heteroatoms. The van der Waals surface area contributed by atoms with Crippen LogP contribution in [0, 0.1) is 5.92 Å². The Kier molecular flexibility index (Phi) is 8.27.